The van der Waals surface area contributed by atoms with Crippen LogP contribution in [0, 0.1) is 5.41 Å². The predicted octanol–water partition coefficient (Wildman–Crippen LogP) is 3.09. The zero-order valence-electron chi connectivity index (χ0n) is 18.0. The molecule has 6 rings (SSSR count). The summed E-state index contributed by atoms with van der Waals surface area (Å²) < 4.78 is 13.3. The Labute approximate surface area is 182 Å². The van der Waals surface area contributed by atoms with Gasteiger partial charge in [-0.2, -0.15) is 4.68 Å². The third-order valence-electron chi connectivity index (χ3n) is 6.78. The summed E-state index contributed by atoms with van der Waals surface area (Å²) in [7, 11) is 1.62. The number of aromatic nitrogens is 5. The lowest BCUT2D eigenvalue weighted by Gasteiger charge is -2.52. The SMILES string of the molecule is COc1cccc(C(NCC23CCC(C)(CC2)OC3)c2nnnn2-c2ccccc2)n1. The average molecular weight is 421 g/mol. The van der Waals surface area contributed by atoms with Gasteiger partial charge in [0.1, 0.15) is 6.04 Å². The summed E-state index contributed by atoms with van der Waals surface area (Å²) in [5, 5.41) is 16.4. The third-order valence-corrected chi connectivity index (χ3v) is 6.78. The van der Waals surface area contributed by atoms with E-state index in [1.165, 1.54) is 12.8 Å². The van der Waals surface area contributed by atoms with Crippen molar-refractivity contribution >= 4 is 0 Å². The molecule has 8 heteroatoms. The Morgan fingerprint density at radius 2 is 1.90 bits per heavy atom. The summed E-state index contributed by atoms with van der Waals surface area (Å²) in [4.78, 5) is 4.69. The predicted molar refractivity (Wildman–Crippen MR) is 115 cm³/mol. The van der Waals surface area contributed by atoms with Gasteiger partial charge < -0.3 is 14.8 Å². The molecule has 0 spiro atoms. The highest BCUT2D eigenvalue weighted by Gasteiger charge is 2.47. The molecule has 1 atom stereocenters. The van der Waals surface area contributed by atoms with Crippen LogP contribution in [-0.2, 0) is 4.74 Å². The molecular weight excluding hydrogens is 392 g/mol. The normalized spacial score (nSPS) is 26.0. The minimum Gasteiger partial charge on any atom is -0.481 e. The van der Waals surface area contributed by atoms with Crippen LogP contribution >= 0.6 is 0 Å². The minimum atomic E-state index is -0.282. The molecule has 31 heavy (non-hydrogen) atoms. The second-order valence-electron chi connectivity index (χ2n) is 8.94. The Morgan fingerprint density at radius 3 is 2.61 bits per heavy atom. The van der Waals surface area contributed by atoms with Crippen LogP contribution in [0.3, 0.4) is 0 Å². The van der Waals surface area contributed by atoms with Crippen LogP contribution in [-0.4, -0.2) is 51.1 Å². The molecule has 0 amide bonds. The molecule has 1 N–H and O–H groups in total. The highest BCUT2D eigenvalue weighted by atomic mass is 16.5. The van der Waals surface area contributed by atoms with Crippen LogP contribution in [0.15, 0.2) is 48.5 Å². The van der Waals surface area contributed by atoms with E-state index >= 15 is 0 Å². The number of hydrogen-bond donors (Lipinski definition) is 1. The van der Waals surface area contributed by atoms with Crippen molar-refractivity contribution in [3.63, 3.8) is 0 Å². The van der Waals surface area contributed by atoms with E-state index in [9.17, 15) is 0 Å². The lowest BCUT2D eigenvalue weighted by molar-refractivity contribution is -0.172. The number of fused-ring (bicyclic) bond motifs is 3. The van der Waals surface area contributed by atoms with E-state index in [1.807, 2.05) is 48.5 Å². The Morgan fingerprint density at radius 1 is 1.10 bits per heavy atom. The van der Waals surface area contributed by atoms with Crippen molar-refractivity contribution in [3.05, 3.63) is 60.0 Å². The molecule has 3 fully saturated rings. The van der Waals surface area contributed by atoms with Crippen LogP contribution < -0.4 is 10.1 Å². The monoisotopic (exact) mass is 420 g/mol. The van der Waals surface area contributed by atoms with Gasteiger partial charge in [-0.3, -0.25) is 0 Å². The first kappa shape index (κ1) is 20.1. The van der Waals surface area contributed by atoms with Gasteiger partial charge in [0, 0.05) is 18.0 Å². The van der Waals surface area contributed by atoms with Crippen molar-refractivity contribution in [1.82, 2.24) is 30.5 Å². The Hall–Kier alpha value is -2.84. The molecule has 1 unspecified atom stereocenters. The van der Waals surface area contributed by atoms with Gasteiger partial charge in [0.2, 0.25) is 5.88 Å². The molecule has 162 valence electrons. The van der Waals surface area contributed by atoms with E-state index in [2.05, 4.69) is 27.8 Å². The smallest absolute Gasteiger partial charge is 0.213 e. The molecule has 2 aliphatic heterocycles. The Kier molecular flexibility index (Phi) is 5.19. The van der Waals surface area contributed by atoms with E-state index in [0.29, 0.717) is 11.7 Å². The first-order valence-corrected chi connectivity index (χ1v) is 10.8. The van der Waals surface area contributed by atoms with E-state index in [1.54, 1.807) is 11.8 Å². The summed E-state index contributed by atoms with van der Waals surface area (Å²) >= 11 is 0. The number of tetrazole rings is 1. The molecule has 3 aromatic rings. The van der Waals surface area contributed by atoms with E-state index in [4.69, 9.17) is 14.5 Å². The van der Waals surface area contributed by atoms with Gasteiger partial charge in [0.25, 0.3) is 0 Å². The van der Waals surface area contributed by atoms with Crippen molar-refractivity contribution in [2.75, 3.05) is 20.3 Å². The molecule has 2 saturated heterocycles. The summed E-state index contributed by atoms with van der Waals surface area (Å²) in [6, 6.07) is 15.4. The van der Waals surface area contributed by atoms with Gasteiger partial charge >= 0.3 is 0 Å². The number of pyridine rings is 1. The summed E-state index contributed by atoms with van der Waals surface area (Å²) in [5.41, 5.74) is 1.93. The van der Waals surface area contributed by atoms with Gasteiger partial charge in [-0.05, 0) is 61.2 Å². The molecule has 0 radical (unpaired) electrons. The number of para-hydroxylation sites is 1. The molecule has 2 bridgehead atoms. The fourth-order valence-electron chi connectivity index (χ4n) is 4.63. The zero-order chi connectivity index (χ0) is 21.3. The maximum absolute atomic E-state index is 6.20. The first-order chi connectivity index (χ1) is 15.1. The molecule has 1 saturated carbocycles. The van der Waals surface area contributed by atoms with Gasteiger partial charge in [0.05, 0.1) is 30.7 Å². The fraction of sp³-hybridized carbons (Fsp3) is 0.478. The zero-order valence-corrected chi connectivity index (χ0v) is 18.0. The largest absolute Gasteiger partial charge is 0.481 e. The highest BCUT2D eigenvalue weighted by molar-refractivity contribution is 5.33. The second kappa shape index (κ2) is 8.01. The van der Waals surface area contributed by atoms with E-state index < -0.39 is 0 Å². The Bertz CT molecular complexity index is 1010. The van der Waals surface area contributed by atoms with Crippen LogP contribution in [0.4, 0.5) is 0 Å². The van der Waals surface area contributed by atoms with Gasteiger partial charge in [-0.25, -0.2) is 4.98 Å². The molecule has 2 aromatic heterocycles. The number of hydrogen-bond acceptors (Lipinski definition) is 7. The summed E-state index contributed by atoms with van der Waals surface area (Å²) in [6.07, 6.45) is 4.55. The number of rotatable bonds is 7. The number of ether oxygens (including phenoxy) is 2. The quantitative estimate of drug-likeness (QED) is 0.628. The lowest BCUT2D eigenvalue weighted by atomic mass is 9.66. The van der Waals surface area contributed by atoms with E-state index in [-0.39, 0.29) is 17.1 Å². The average Bonchev–Trinajstić information content (AvgIpc) is 3.31. The molecule has 3 aliphatic rings. The third kappa shape index (κ3) is 3.93. The highest BCUT2D eigenvalue weighted by Crippen LogP contribution is 2.48. The fourth-order valence-corrected chi connectivity index (χ4v) is 4.63. The second-order valence-corrected chi connectivity index (χ2v) is 8.94. The van der Waals surface area contributed by atoms with Crippen LogP contribution in [0.25, 0.3) is 5.69 Å². The van der Waals surface area contributed by atoms with Crippen LogP contribution in [0.1, 0.15) is 50.2 Å². The Balaban J connectivity index is 1.47. The molecule has 8 nitrogen and oxygen atoms in total. The van der Waals surface area contributed by atoms with Crippen molar-refractivity contribution in [2.45, 2.75) is 44.2 Å². The minimum absolute atomic E-state index is 0.0624. The number of benzene rings is 1. The maximum atomic E-state index is 6.20. The first-order valence-electron chi connectivity index (χ1n) is 10.8. The van der Waals surface area contributed by atoms with Gasteiger partial charge in [0.15, 0.2) is 5.82 Å². The van der Waals surface area contributed by atoms with Crippen molar-refractivity contribution < 1.29 is 9.47 Å². The van der Waals surface area contributed by atoms with Crippen molar-refractivity contribution in [3.8, 4) is 11.6 Å². The van der Waals surface area contributed by atoms with Crippen molar-refractivity contribution in [1.29, 1.82) is 0 Å². The van der Waals surface area contributed by atoms with Crippen LogP contribution in [0.5, 0.6) is 5.88 Å². The van der Waals surface area contributed by atoms with E-state index in [0.717, 1.165) is 37.4 Å². The topological polar surface area (TPSA) is 87.0 Å². The number of methoxy groups -OCH3 is 1. The standard InChI is InChI=1S/C23H28N6O2/c1-22-11-13-23(14-12-22,16-31-22)15-24-20(18-9-6-10-19(25-18)30-2)21-26-27-28-29(21)17-7-4-3-5-8-17/h3-10,20,24H,11-16H2,1-2H3. The number of nitrogens with one attached hydrogen (secondary N) is 1. The van der Waals surface area contributed by atoms with Crippen molar-refractivity contribution in [2.24, 2.45) is 5.41 Å². The lowest BCUT2D eigenvalue weighted by Crippen LogP contribution is -2.53. The summed E-state index contributed by atoms with van der Waals surface area (Å²) in [5.74, 6) is 1.26. The van der Waals surface area contributed by atoms with Gasteiger partial charge in [-0.1, -0.05) is 24.3 Å². The number of nitrogens with zero attached hydrogens (tertiary/aromatic N) is 5. The van der Waals surface area contributed by atoms with Crippen LogP contribution in [0.2, 0.25) is 0 Å². The molecule has 4 heterocycles. The van der Waals surface area contributed by atoms with Gasteiger partial charge in [-0.15, -0.1) is 5.10 Å². The molecule has 1 aromatic carbocycles. The maximum Gasteiger partial charge on any atom is 0.213 e. The molecular formula is C23H28N6O2. The molecule has 1 aliphatic carbocycles. The summed E-state index contributed by atoms with van der Waals surface area (Å²) in [6.45, 7) is 3.84.